The molecule has 0 bridgehead atoms. The maximum Gasteiger partial charge on any atom is 0.225 e. The van der Waals surface area contributed by atoms with Gasteiger partial charge in [0.1, 0.15) is 0 Å². The molecule has 0 unspecified atom stereocenters. The minimum absolute atomic E-state index is 0.156. The van der Waals surface area contributed by atoms with Crippen LogP contribution in [0.2, 0.25) is 0 Å². The van der Waals surface area contributed by atoms with E-state index >= 15 is 0 Å². The van der Waals surface area contributed by atoms with Crippen LogP contribution in [0.25, 0.3) is 0 Å². The number of hydrogen-bond acceptors (Lipinski definition) is 2. The summed E-state index contributed by atoms with van der Waals surface area (Å²) in [5, 5.41) is 0. The molecule has 3 heteroatoms. The Morgan fingerprint density at radius 2 is 1.67 bits per heavy atom. The Morgan fingerprint density at radius 1 is 1.11 bits per heavy atom. The summed E-state index contributed by atoms with van der Waals surface area (Å²) in [5.74, 6) is 1.26. The van der Waals surface area contributed by atoms with E-state index in [1.807, 2.05) is 13.8 Å². The van der Waals surface area contributed by atoms with E-state index in [9.17, 15) is 4.79 Å². The van der Waals surface area contributed by atoms with Crippen molar-refractivity contribution in [3.05, 3.63) is 0 Å². The van der Waals surface area contributed by atoms with Crippen molar-refractivity contribution in [1.29, 1.82) is 0 Å². The Morgan fingerprint density at radius 3 is 2.11 bits per heavy atom. The largest absolute Gasteiger partial charge is 0.341 e. The molecule has 1 amide bonds. The molecule has 3 nitrogen and oxygen atoms in total. The number of likely N-dealkylation sites (tertiary alicyclic amines) is 2. The lowest BCUT2D eigenvalue weighted by Gasteiger charge is -2.54. The van der Waals surface area contributed by atoms with Crippen LogP contribution >= 0.6 is 0 Å². The van der Waals surface area contributed by atoms with Crippen molar-refractivity contribution in [3.8, 4) is 0 Å². The zero-order valence-corrected chi connectivity index (χ0v) is 12.4. The van der Waals surface area contributed by atoms with Crippen molar-refractivity contribution in [1.82, 2.24) is 9.80 Å². The quantitative estimate of drug-likeness (QED) is 0.769. The van der Waals surface area contributed by atoms with Gasteiger partial charge in [-0.05, 0) is 31.8 Å². The normalized spacial score (nSPS) is 23.8. The molecule has 2 saturated heterocycles. The summed E-state index contributed by atoms with van der Waals surface area (Å²) in [4.78, 5) is 16.5. The maximum atomic E-state index is 11.9. The Hall–Kier alpha value is -0.570. The fourth-order valence-electron chi connectivity index (χ4n) is 3.33. The fraction of sp³-hybridized carbons (Fsp3) is 0.933. The van der Waals surface area contributed by atoms with Crippen molar-refractivity contribution in [3.63, 3.8) is 0 Å². The number of rotatable bonds is 3. The predicted octanol–water partition coefficient (Wildman–Crippen LogP) is 2.22. The number of nitrogens with zero attached hydrogens (tertiary/aromatic N) is 2. The van der Waals surface area contributed by atoms with Gasteiger partial charge in [0.05, 0.1) is 0 Å². The van der Waals surface area contributed by atoms with E-state index in [1.54, 1.807) is 0 Å². The first-order valence-electron chi connectivity index (χ1n) is 7.43. The molecule has 2 rings (SSSR count). The summed E-state index contributed by atoms with van der Waals surface area (Å²) < 4.78 is 0. The molecule has 2 aliphatic rings. The highest BCUT2D eigenvalue weighted by molar-refractivity contribution is 5.79. The summed E-state index contributed by atoms with van der Waals surface area (Å²) in [5.41, 5.74) is 0.470. The minimum Gasteiger partial charge on any atom is -0.341 e. The molecule has 1 spiro atoms. The van der Waals surface area contributed by atoms with Crippen LogP contribution in [0.5, 0.6) is 0 Å². The summed E-state index contributed by atoms with van der Waals surface area (Å²) in [6, 6.07) is 0. The van der Waals surface area contributed by atoms with Crippen molar-refractivity contribution in [2.45, 2.75) is 40.5 Å². The van der Waals surface area contributed by atoms with Gasteiger partial charge >= 0.3 is 0 Å². The second-order valence-electron chi connectivity index (χ2n) is 7.04. The van der Waals surface area contributed by atoms with E-state index in [0.29, 0.717) is 11.3 Å². The highest BCUT2D eigenvalue weighted by Gasteiger charge is 2.46. The minimum atomic E-state index is 0.156. The van der Waals surface area contributed by atoms with Crippen molar-refractivity contribution in [2.24, 2.45) is 17.3 Å². The average molecular weight is 252 g/mol. The highest BCUT2D eigenvalue weighted by atomic mass is 16.2. The van der Waals surface area contributed by atoms with Crippen LogP contribution in [0.15, 0.2) is 0 Å². The third kappa shape index (κ3) is 2.87. The van der Waals surface area contributed by atoms with Crippen molar-refractivity contribution < 1.29 is 4.79 Å². The molecule has 2 heterocycles. The Labute approximate surface area is 112 Å². The lowest BCUT2D eigenvalue weighted by molar-refractivity contribution is -0.150. The first-order chi connectivity index (χ1) is 8.42. The molecule has 0 atom stereocenters. The monoisotopic (exact) mass is 252 g/mol. The summed E-state index contributed by atoms with van der Waals surface area (Å²) in [6.45, 7) is 14.3. The summed E-state index contributed by atoms with van der Waals surface area (Å²) in [6.07, 6.45) is 2.56. The third-order valence-electron chi connectivity index (χ3n) is 4.40. The zero-order valence-electron chi connectivity index (χ0n) is 12.4. The van der Waals surface area contributed by atoms with E-state index in [1.165, 1.54) is 32.5 Å². The summed E-state index contributed by atoms with van der Waals surface area (Å²) in [7, 11) is 0. The molecule has 0 aromatic rings. The van der Waals surface area contributed by atoms with Crippen molar-refractivity contribution >= 4 is 5.91 Å². The lowest BCUT2D eigenvalue weighted by Crippen LogP contribution is -2.62. The van der Waals surface area contributed by atoms with Gasteiger partial charge in [-0.25, -0.2) is 0 Å². The molecule has 0 N–H and O–H groups in total. The van der Waals surface area contributed by atoms with E-state index in [2.05, 4.69) is 23.6 Å². The molecule has 0 aromatic heterocycles. The van der Waals surface area contributed by atoms with Crippen LogP contribution in [0, 0.1) is 17.3 Å². The van der Waals surface area contributed by atoms with Gasteiger partial charge in [-0.1, -0.05) is 27.7 Å². The number of piperidine rings is 1. The van der Waals surface area contributed by atoms with E-state index in [4.69, 9.17) is 0 Å². The van der Waals surface area contributed by atoms with Crippen LogP contribution in [0.3, 0.4) is 0 Å². The number of carbonyl (C=O) groups excluding carboxylic acids is 1. The van der Waals surface area contributed by atoms with Gasteiger partial charge in [-0.3, -0.25) is 4.79 Å². The Bertz CT molecular complexity index is 296. The van der Waals surface area contributed by atoms with Crippen LogP contribution < -0.4 is 0 Å². The molecule has 18 heavy (non-hydrogen) atoms. The smallest absolute Gasteiger partial charge is 0.225 e. The molecule has 2 aliphatic heterocycles. The van der Waals surface area contributed by atoms with Gasteiger partial charge in [-0.2, -0.15) is 0 Å². The van der Waals surface area contributed by atoms with Gasteiger partial charge in [0.2, 0.25) is 5.91 Å². The molecule has 0 aliphatic carbocycles. The van der Waals surface area contributed by atoms with Crippen molar-refractivity contribution in [2.75, 3.05) is 32.7 Å². The lowest BCUT2D eigenvalue weighted by atomic mass is 9.71. The standard InChI is InChI=1S/C15H28N2O/c1-12(2)9-16-7-5-15(6-8-16)10-17(11-15)14(18)13(3)4/h12-13H,5-11H2,1-4H3. The molecule has 0 radical (unpaired) electrons. The fourth-order valence-corrected chi connectivity index (χ4v) is 3.33. The molecule has 0 saturated carbocycles. The Balaban J connectivity index is 1.77. The van der Waals surface area contributed by atoms with Crippen LogP contribution in [0.4, 0.5) is 0 Å². The second-order valence-corrected chi connectivity index (χ2v) is 7.04. The first-order valence-corrected chi connectivity index (χ1v) is 7.43. The van der Waals surface area contributed by atoms with Crippen LogP contribution in [-0.4, -0.2) is 48.4 Å². The van der Waals surface area contributed by atoms with Gasteiger partial charge in [0, 0.05) is 31.0 Å². The first kappa shape index (κ1) is 13.9. The molecular weight excluding hydrogens is 224 g/mol. The molecule has 2 fully saturated rings. The number of carbonyl (C=O) groups is 1. The van der Waals surface area contributed by atoms with E-state index in [0.717, 1.165) is 19.0 Å². The molecular formula is C15H28N2O. The predicted molar refractivity (Wildman–Crippen MR) is 74.4 cm³/mol. The van der Waals surface area contributed by atoms with E-state index in [-0.39, 0.29) is 5.92 Å². The maximum absolute atomic E-state index is 11.9. The molecule has 0 aromatic carbocycles. The van der Waals surface area contributed by atoms with Gasteiger partial charge in [0.25, 0.3) is 0 Å². The second kappa shape index (κ2) is 5.20. The SMILES string of the molecule is CC(C)CN1CCC2(CC1)CN(C(=O)C(C)C)C2. The number of hydrogen-bond donors (Lipinski definition) is 0. The van der Waals surface area contributed by atoms with Gasteiger partial charge < -0.3 is 9.80 Å². The summed E-state index contributed by atoms with van der Waals surface area (Å²) >= 11 is 0. The average Bonchev–Trinajstić information content (AvgIpc) is 2.25. The van der Waals surface area contributed by atoms with Gasteiger partial charge in [-0.15, -0.1) is 0 Å². The molecule has 104 valence electrons. The van der Waals surface area contributed by atoms with Crippen LogP contribution in [-0.2, 0) is 4.79 Å². The van der Waals surface area contributed by atoms with Gasteiger partial charge in [0.15, 0.2) is 0 Å². The highest BCUT2D eigenvalue weighted by Crippen LogP contribution is 2.40. The number of amides is 1. The van der Waals surface area contributed by atoms with E-state index < -0.39 is 0 Å². The van der Waals surface area contributed by atoms with Crippen LogP contribution in [0.1, 0.15) is 40.5 Å². The Kier molecular flexibility index (Phi) is 4.00. The topological polar surface area (TPSA) is 23.6 Å². The zero-order chi connectivity index (χ0) is 13.3. The third-order valence-corrected chi connectivity index (χ3v) is 4.40.